The van der Waals surface area contributed by atoms with E-state index in [0.29, 0.717) is 0 Å². The molecular formula is C9H6ClF5N2O2. The normalized spacial score (nSPS) is 11.8. The summed E-state index contributed by atoms with van der Waals surface area (Å²) in [5.41, 5.74) is 2.54. The second-order valence-corrected chi connectivity index (χ2v) is 3.54. The van der Waals surface area contributed by atoms with Crippen LogP contribution in [0.1, 0.15) is 28.0 Å². The van der Waals surface area contributed by atoms with Crippen LogP contribution in [0.2, 0.25) is 0 Å². The fraction of sp³-hybridized carbons (Fsp3) is 0.333. The van der Waals surface area contributed by atoms with Crippen molar-refractivity contribution in [2.24, 2.45) is 5.73 Å². The van der Waals surface area contributed by atoms with Crippen LogP contribution in [0.25, 0.3) is 0 Å². The summed E-state index contributed by atoms with van der Waals surface area (Å²) in [5.74, 6) is -1.43. The molecule has 0 atom stereocenters. The van der Waals surface area contributed by atoms with Crippen molar-refractivity contribution in [2.75, 3.05) is 0 Å². The fourth-order valence-corrected chi connectivity index (χ4v) is 1.44. The van der Waals surface area contributed by atoms with Gasteiger partial charge in [0.15, 0.2) is 11.4 Å². The number of aromatic nitrogens is 1. The minimum atomic E-state index is -5.28. The first kappa shape index (κ1) is 15.6. The molecule has 0 unspecified atom stereocenters. The van der Waals surface area contributed by atoms with E-state index in [0.717, 1.165) is 6.20 Å². The minimum absolute atomic E-state index is 0.379. The van der Waals surface area contributed by atoms with Crippen LogP contribution in [0.3, 0.4) is 0 Å². The quantitative estimate of drug-likeness (QED) is 0.686. The van der Waals surface area contributed by atoms with Gasteiger partial charge in [0.05, 0.1) is 5.56 Å². The smallest absolute Gasteiger partial charge is 0.403 e. The number of pyridine rings is 1. The van der Waals surface area contributed by atoms with E-state index in [1.54, 1.807) is 0 Å². The fourth-order valence-electron chi connectivity index (χ4n) is 1.30. The number of nitrogens with zero attached hydrogens (tertiary/aromatic N) is 1. The first-order valence-electron chi connectivity index (χ1n) is 4.63. The average molecular weight is 305 g/mol. The van der Waals surface area contributed by atoms with Crippen molar-refractivity contribution in [1.29, 1.82) is 0 Å². The summed E-state index contributed by atoms with van der Waals surface area (Å²) >= 11 is 4.98. The molecule has 0 aliphatic carbocycles. The summed E-state index contributed by atoms with van der Waals surface area (Å²) in [7, 11) is 0. The summed E-state index contributed by atoms with van der Waals surface area (Å²) in [5, 5.41) is -1.45. The van der Waals surface area contributed by atoms with Gasteiger partial charge in [-0.2, -0.15) is 0 Å². The Kier molecular flexibility index (Phi) is 4.64. The third-order valence-corrected chi connectivity index (χ3v) is 2.18. The van der Waals surface area contributed by atoms with E-state index in [4.69, 9.17) is 17.3 Å². The number of carbonyl (C=O) groups is 1. The van der Waals surface area contributed by atoms with Crippen LogP contribution in [0.15, 0.2) is 6.20 Å². The molecule has 0 saturated carbocycles. The molecule has 1 rings (SSSR count). The molecule has 1 aromatic heterocycles. The van der Waals surface area contributed by atoms with E-state index >= 15 is 0 Å². The van der Waals surface area contributed by atoms with Crippen molar-refractivity contribution in [2.45, 2.75) is 19.3 Å². The number of halogens is 6. The highest BCUT2D eigenvalue weighted by Gasteiger charge is 2.37. The Hall–Kier alpha value is -1.48. The van der Waals surface area contributed by atoms with Crippen LogP contribution in [0, 0.1) is 0 Å². The predicted molar refractivity (Wildman–Crippen MR) is 54.0 cm³/mol. The van der Waals surface area contributed by atoms with E-state index in [9.17, 15) is 26.7 Å². The lowest BCUT2D eigenvalue weighted by Gasteiger charge is -2.17. The molecule has 0 saturated heterocycles. The van der Waals surface area contributed by atoms with Gasteiger partial charge in [0.2, 0.25) is 0 Å². The van der Waals surface area contributed by atoms with Crippen molar-refractivity contribution in [3.8, 4) is 5.75 Å². The Morgan fingerprint density at radius 3 is 2.42 bits per heavy atom. The molecule has 10 heteroatoms. The van der Waals surface area contributed by atoms with E-state index in [-0.39, 0.29) is 5.56 Å². The third kappa shape index (κ3) is 3.74. The number of ether oxygens (including phenoxy) is 1. The number of alkyl halides is 5. The molecular weight excluding hydrogens is 299 g/mol. The van der Waals surface area contributed by atoms with Gasteiger partial charge in [-0.3, -0.25) is 4.79 Å². The highest BCUT2D eigenvalue weighted by Crippen LogP contribution is 2.37. The van der Waals surface area contributed by atoms with Gasteiger partial charge in [-0.05, 0) is 17.2 Å². The number of hydrogen-bond acceptors (Lipinski definition) is 4. The summed E-state index contributed by atoms with van der Waals surface area (Å²) in [4.78, 5) is 14.2. The number of nitrogens with two attached hydrogens (primary N) is 1. The molecule has 0 bridgehead atoms. The standard InChI is InChI=1S/C9H6ClF5N2O2/c10-7(18)5-6(19-9(13,14)15)4(8(11)12)3(1-16)2-17-5/h2,8H,1,16H2. The van der Waals surface area contributed by atoms with E-state index < -0.39 is 41.6 Å². The van der Waals surface area contributed by atoms with Gasteiger partial charge in [-0.25, -0.2) is 13.8 Å². The summed E-state index contributed by atoms with van der Waals surface area (Å²) in [6.07, 6.45) is -7.87. The summed E-state index contributed by atoms with van der Waals surface area (Å²) in [6, 6.07) is 0. The molecule has 2 N–H and O–H groups in total. The Morgan fingerprint density at radius 2 is 2.05 bits per heavy atom. The first-order valence-corrected chi connectivity index (χ1v) is 5.00. The SMILES string of the molecule is NCc1cnc(C(=O)Cl)c(OC(F)(F)F)c1C(F)F. The van der Waals surface area contributed by atoms with Gasteiger partial charge >= 0.3 is 6.36 Å². The van der Waals surface area contributed by atoms with E-state index in [1.165, 1.54) is 0 Å². The Bertz CT molecular complexity index is 492. The van der Waals surface area contributed by atoms with Crippen LogP contribution >= 0.6 is 11.6 Å². The lowest BCUT2D eigenvalue weighted by Crippen LogP contribution is -2.21. The lowest BCUT2D eigenvalue weighted by atomic mass is 10.1. The Morgan fingerprint density at radius 1 is 1.47 bits per heavy atom. The van der Waals surface area contributed by atoms with Crippen LogP contribution < -0.4 is 10.5 Å². The van der Waals surface area contributed by atoms with Crippen LogP contribution in [0.4, 0.5) is 22.0 Å². The molecule has 0 aromatic carbocycles. The summed E-state index contributed by atoms with van der Waals surface area (Å²) in [6.45, 7) is -0.502. The molecule has 0 amide bonds. The van der Waals surface area contributed by atoms with Gasteiger partial charge < -0.3 is 10.5 Å². The van der Waals surface area contributed by atoms with E-state index in [1.807, 2.05) is 0 Å². The Labute approximate surface area is 108 Å². The van der Waals surface area contributed by atoms with Crippen molar-refractivity contribution >= 4 is 16.8 Å². The van der Waals surface area contributed by atoms with Gasteiger partial charge in [-0.15, -0.1) is 13.2 Å². The second-order valence-electron chi connectivity index (χ2n) is 3.20. The molecule has 0 fully saturated rings. The zero-order valence-electron chi connectivity index (χ0n) is 8.97. The molecule has 19 heavy (non-hydrogen) atoms. The second kappa shape index (κ2) is 5.66. The van der Waals surface area contributed by atoms with Crippen LogP contribution in [-0.4, -0.2) is 16.6 Å². The molecule has 0 aliphatic rings. The van der Waals surface area contributed by atoms with Crippen molar-refractivity contribution < 1.29 is 31.5 Å². The molecule has 1 heterocycles. The molecule has 0 aliphatic heterocycles. The molecule has 106 valence electrons. The highest BCUT2D eigenvalue weighted by molar-refractivity contribution is 6.67. The minimum Gasteiger partial charge on any atom is -0.403 e. The first-order chi connectivity index (χ1) is 8.67. The van der Waals surface area contributed by atoms with Crippen molar-refractivity contribution in [3.63, 3.8) is 0 Å². The maximum atomic E-state index is 12.8. The average Bonchev–Trinajstić information content (AvgIpc) is 2.25. The van der Waals surface area contributed by atoms with Crippen molar-refractivity contribution in [3.05, 3.63) is 23.0 Å². The van der Waals surface area contributed by atoms with Crippen LogP contribution in [0.5, 0.6) is 5.75 Å². The molecule has 4 nitrogen and oxygen atoms in total. The number of carbonyl (C=O) groups excluding carboxylic acids is 1. The van der Waals surface area contributed by atoms with Gasteiger partial charge in [0.1, 0.15) is 0 Å². The van der Waals surface area contributed by atoms with Crippen molar-refractivity contribution in [1.82, 2.24) is 4.98 Å². The maximum Gasteiger partial charge on any atom is 0.573 e. The Balaban J connectivity index is 3.53. The predicted octanol–water partition coefficient (Wildman–Crippen LogP) is 2.76. The highest BCUT2D eigenvalue weighted by atomic mass is 35.5. The zero-order chi connectivity index (χ0) is 14.8. The molecule has 0 spiro atoms. The largest absolute Gasteiger partial charge is 0.573 e. The lowest BCUT2D eigenvalue weighted by molar-refractivity contribution is -0.275. The van der Waals surface area contributed by atoms with E-state index in [2.05, 4.69) is 9.72 Å². The van der Waals surface area contributed by atoms with Gasteiger partial charge in [0, 0.05) is 12.7 Å². The summed E-state index contributed by atoms with van der Waals surface area (Å²) < 4.78 is 65.6. The third-order valence-electron chi connectivity index (χ3n) is 2.00. The monoisotopic (exact) mass is 304 g/mol. The molecule has 1 aromatic rings. The van der Waals surface area contributed by atoms with Crippen LogP contribution in [-0.2, 0) is 6.54 Å². The van der Waals surface area contributed by atoms with Gasteiger partial charge in [-0.1, -0.05) is 0 Å². The maximum absolute atomic E-state index is 12.8. The molecule has 0 radical (unpaired) electrons. The number of rotatable bonds is 4. The van der Waals surface area contributed by atoms with Gasteiger partial charge in [0.25, 0.3) is 11.7 Å². The zero-order valence-corrected chi connectivity index (χ0v) is 9.73. The topological polar surface area (TPSA) is 65.2 Å². The number of hydrogen-bond donors (Lipinski definition) is 1.